The summed E-state index contributed by atoms with van der Waals surface area (Å²) in [5, 5.41) is 3.92. The normalized spacial score (nSPS) is 10.4. The van der Waals surface area contributed by atoms with E-state index in [1.165, 1.54) is 6.33 Å². The van der Waals surface area contributed by atoms with E-state index in [9.17, 15) is 0 Å². The van der Waals surface area contributed by atoms with Crippen LogP contribution in [0.1, 0.15) is 25.0 Å². The summed E-state index contributed by atoms with van der Waals surface area (Å²) in [5.74, 6) is 2.17. The van der Waals surface area contributed by atoms with Crippen molar-refractivity contribution in [1.29, 1.82) is 0 Å². The third-order valence-corrected chi connectivity index (χ3v) is 3.18. The van der Waals surface area contributed by atoms with Gasteiger partial charge in [0.15, 0.2) is 0 Å². The van der Waals surface area contributed by atoms with Crippen molar-refractivity contribution in [2.24, 2.45) is 0 Å². The SMILES string of the molecule is CCNc1ncnc(Oc2ccc(Cl)cc2C)c1CC. The standard InChI is InChI=1S/C15H18ClN3O/c1-4-12-14(17-5-2)18-9-19-15(12)20-13-7-6-11(16)8-10(13)3/h6-9H,4-5H2,1-3H3,(H,17,18,19). The van der Waals surface area contributed by atoms with E-state index in [1.54, 1.807) is 0 Å². The molecule has 0 atom stereocenters. The Hall–Kier alpha value is -1.81. The van der Waals surface area contributed by atoms with E-state index >= 15 is 0 Å². The lowest BCUT2D eigenvalue weighted by Crippen LogP contribution is -2.06. The van der Waals surface area contributed by atoms with E-state index in [-0.39, 0.29) is 0 Å². The molecule has 0 bridgehead atoms. The Labute approximate surface area is 124 Å². The number of nitrogens with zero attached hydrogens (tertiary/aromatic N) is 2. The average molecular weight is 292 g/mol. The van der Waals surface area contributed by atoms with E-state index in [1.807, 2.05) is 32.0 Å². The molecule has 0 spiro atoms. The van der Waals surface area contributed by atoms with Crippen molar-refractivity contribution >= 4 is 17.4 Å². The number of anilines is 1. The highest BCUT2D eigenvalue weighted by Gasteiger charge is 2.12. The molecule has 0 unspecified atom stereocenters. The molecule has 0 saturated carbocycles. The first-order valence-corrected chi connectivity index (χ1v) is 7.05. The monoisotopic (exact) mass is 291 g/mol. The van der Waals surface area contributed by atoms with Crippen LogP contribution in [0.25, 0.3) is 0 Å². The number of rotatable bonds is 5. The van der Waals surface area contributed by atoms with Crippen molar-refractivity contribution in [1.82, 2.24) is 9.97 Å². The third-order valence-electron chi connectivity index (χ3n) is 2.95. The van der Waals surface area contributed by atoms with Gasteiger partial charge in [-0.3, -0.25) is 0 Å². The lowest BCUT2D eigenvalue weighted by atomic mass is 10.2. The van der Waals surface area contributed by atoms with Crippen LogP contribution in [0.3, 0.4) is 0 Å². The number of benzene rings is 1. The van der Waals surface area contributed by atoms with Crippen LogP contribution in [0, 0.1) is 6.92 Å². The Morgan fingerprint density at radius 1 is 1.25 bits per heavy atom. The lowest BCUT2D eigenvalue weighted by Gasteiger charge is -2.14. The molecule has 0 aliphatic rings. The molecule has 2 rings (SSSR count). The van der Waals surface area contributed by atoms with Gasteiger partial charge in [-0.1, -0.05) is 18.5 Å². The zero-order valence-corrected chi connectivity index (χ0v) is 12.7. The first kappa shape index (κ1) is 14.6. The van der Waals surface area contributed by atoms with E-state index in [0.717, 1.165) is 35.7 Å². The third kappa shape index (κ3) is 3.20. The quantitative estimate of drug-likeness (QED) is 0.896. The molecule has 0 amide bonds. The topological polar surface area (TPSA) is 47.0 Å². The molecular formula is C15H18ClN3O. The van der Waals surface area contributed by atoms with Crippen LogP contribution in [0.5, 0.6) is 11.6 Å². The zero-order valence-electron chi connectivity index (χ0n) is 11.9. The molecule has 0 radical (unpaired) electrons. The number of hydrogen-bond donors (Lipinski definition) is 1. The summed E-state index contributed by atoms with van der Waals surface area (Å²) in [6, 6.07) is 5.53. The molecule has 0 fully saturated rings. The van der Waals surface area contributed by atoms with Gasteiger partial charge in [-0.25, -0.2) is 9.97 Å². The Kier molecular flexibility index (Phi) is 4.79. The van der Waals surface area contributed by atoms with Gasteiger partial charge >= 0.3 is 0 Å². The first-order valence-electron chi connectivity index (χ1n) is 6.67. The van der Waals surface area contributed by atoms with E-state index in [2.05, 4.69) is 22.2 Å². The van der Waals surface area contributed by atoms with Gasteiger partial charge in [0.2, 0.25) is 5.88 Å². The zero-order chi connectivity index (χ0) is 14.5. The van der Waals surface area contributed by atoms with Crippen molar-refractivity contribution < 1.29 is 4.74 Å². The molecule has 20 heavy (non-hydrogen) atoms. The maximum atomic E-state index is 5.95. The second-order valence-corrected chi connectivity index (χ2v) is 4.84. The minimum atomic E-state index is 0.587. The van der Waals surface area contributed by atoms with Gasteiger partial charge in [0.05, 0.1) is 5.56 Å². The Morgan fingerprint density at radius 2 is 2.05 bits per heavy atom. The van der Waals surface area contributed by atoms with Gasteiger partial charge in [-0.15, -0.1) is 0 Å². The smallest absolute Gasteiger partial charge is 0.227 e. The second kappa shape index (κ2) is 6.57. The minimum absolute atomic E-state index is 0.587. The van der Waals surface area contributed by atoms with Crippen LogP contribution in [0.4, 0.5) is 5.82 Å². The summed E-state index contributed by atoms with van der Waals surface area (Å²) in [7, 11) is 0. The van der Waals surface area contributed by atoms with Crippen molar-refractivity contribution in [2.45, 2.75) is 27.2 Å². The molecule has 4 nitrogen and oxygen atoms in total. The fourth-order valence-electron chi connectivity index (χ4n) is 1.95. The number of ether oxygens (including phenoxy) is 1. The Bertz CT molecular complexity index is 602. The summed E-state index contributed by atoms with van der Waals surface area (Å²) in [4.78, 5) is 8.50. The van der Waals surface area contributed by atoms with Crippen molar-refractivity contribution in [2.75, 3.05) is 11.9 Å². The van der Waals surface area contributed by atoms with Gasteiger partial charge in [-0.2, -0.15) is 0 Å². The summed E-state index contributed by atoms with van der Waals surface area (Å²) < 4.78 is 5.92. The second-order valence-electron chi connectivity index (χ2n) is 4.40. The van der Waals surface area contributed by atoms with Crippen molar-refractivity contribution in [3.63, 3.8) is 0 Å². The maximum Gasteiger partial charge on any atom is 0.227 e. The summed E-state index contributed by atoms with van der Waals surface area (Å²) in [6.45, 7) is 6.86. The molecule has 2 aromatic rings. The van der Waals surface area contributed by atoms with E-state index < -0.39 is 0 Å². The molecule has 0 saturated heterocycles. The van der Waals surface area contributed by atoms with Crippen LogP contribution in [-0.4, -0.2) is 16.5 Å². The number of aryl methyl sites for hydroxylation is 1. The Balaban J connectivity index is 2.35. The number of nitrogens with one attached hydrogen (secondary N) is 1. The number of aromatic nitrogens is 2. The van der Waals surface area contributed by atoms with E-state index in [0.29, 0.717) is 10.9 Å². The van der Waals surface area contributed by atoms with Gasteiger partial charge < -0.3 is 10.1 Å². The van der Waals surface area contributed by atoms with Crippen molar-refractivity contribution in [3.8, 4) is 11.6 Å². The molecule has 0 aliphatic carbocycles. The van der Waals surface area contributed by atoms with Gasteiger partial charge in [0.1, 0.15) is 17.9 Å². The molecule has 1 aromatic carbocycles. The molecule has 1 heterocycles. The fourth-order valence-corrected chi connectivity index (χ4v) is 2.18. The molecule has 5 heteroatoms. The predicted octanol–water partition coefficient (Wildman–Crippen LogP) is 4.22. The highest BCUT2D eigenvalue weighted by atomic mass is 35.5. The minimum Gasteiger partial charge on any atom is -0.438 e. The van der Waals surface area contributed by atoms with Gasteiger partial charge in [0.25, 0.3) is 0 Å². The van der Waals surface area contributed by atoms with Crippen LogP contribution in [-0.2, 0) is 6.42 Å². The predicted molar refractivity (Wildman–Crippen MR) is 81.8 cm³/mol. The molecule has 0 aliphatic heterocycles. The highest BCUT2D eigenvalue weighted by Crippen LogP contribution is 2.30. The summed E-state index contributed by atoms with van der Waals surface area (Å²) >= 11 is 5.95. The summed E-state index contributed by atoms with van der Waals surface area (Å²) in [6.07, 6.45) is 2.31. The fraction of sp³-hybridized carbons (Fsp3) is 0.333. The van der Waals surface area contributed by atoms with Crippen molar-refractivity contribution in [3.05, 3.63) is 40.7 Å². The van der Waals surface area contributed by atoms with Crippen LogP contribution < -0.4 is 10.1 Å². The largest absolute Gasteiger partial charge is 0.438 e. The van der Waals surface area contributed by atoms with E-state index in [4.69, 9.17) is 16.3 Å². The molecule has 1 N–H and O–H groups in total. The molecule has 1 aromatic heterocycles. The molecular weight excluding hydrogens is 274 g/mol. The van der Waals surface area contributed by atoms with Gasteiger partial charge in [-0.05, 0) is 44.0 Å². The van der Waals surface area contributed by atoms with Crippen LogP contribution in [0.15, 0.2) is 24.5 Å². The average Bonchev–Trinajstić information content (AvgIpc) is 2.42. The Morgan fingerprint density at radius 3 is 2.70 bits per heavy atom. The summed E-state index contributed by atoms with van der Waals surface area (Å²) in [5.41, 5.74) is 1.95. The van der Waals surface area contributed by atoms with Crippen LogP contribution >= 0.6 is 11.6 Å². The number of halogens is 1. The number of hydrogen-bond acceptors (Lipinski definition) is 4. The van der Waals surface area contributed by atoms with Crippen LogP contribution in [0.2, 0.25) is 5.02 Å². The lowest BCUT2D eigenvalue weighted by molar-refractivity contribution is 0.452. The first-order chi connectivity index (χ1) is 9.65. The molecule has 106 valence electrons. The van der Waals surface area contributed by atoms with Gasteiger partial charge in [0, 0.05) is 11.6 Å². The highest BCUT2D eigenvalue weighted by molar-refractivity contribution is 6.30. The maximum absolute atomic E-state index is 5.95.